The maximum atomic E-state index is 10.8. The Bertz CT molecular complexity index is 1270. The molecule has 4 aliphatic rings. The predicted octanol–water partition coefficient (Wildman–Crippen LogP) is 7.57. The summed E-state index contributed by atoms with van der Waals surface area (Å²) < 4.78 is 2.53. The lowest BCUT2D eigenvalue weighted by atomic mass is 9.48. The summed E-state index contributed by atoms with van der Waals surface area (Å²) in [6, 6.07) is 17.8. The monoisotopic (exact) mass is 437 g/mol. The third-order valence-corrected chi connectivity index (χ3v) is 10.6. The Morgan fingerprint density at radius 1 is 0.848 bits per heavy atom. The largest absolute Gasteiger partial charge is 0.393 e. The van der Waals surface area contributed by atoms with E-state index < -0.39 is 0 Å². The molecule has 2 saturated carbocycles. The van der Waals surface area contributed by atoms with Gasteiger partial charge in [0, 0.05) is 16.5 Å². The summed E-state index contributed by atoms with van der Waals surface area (Å²) in [6.07, 6.45) is 13.3. The number of allylic oxidation sites excluding steroid dienone is 4. The van der Waals surface area contributed by atoms with E-state index in [0.29, 0.717) is 5.92 Å². The molecule has 0 saturated heterocycles. The van der Waals surface area contributed by atoms with Crippen molar-refractivity contribution in [3.8, 4) is 0 Å². The van der Waals surface area contributed by atoms with Crippen LogP contribution in [-0.4, -0.2) is 15.8 Å². The lowest BCUT2D eigenvalue weighted by molar-refractivity contribution is -0.0623. The van der Waals surface area contributed by atoms with E-state index in [1.807, 2.05) is 0 Å². The zero-order chi connectivity index (χ0) is 22.4. The predicted molar refractivity (Wildman–Crippen MR) is 137 cm³/mol. The molecule has 2 nitrogen and oxygen atoms in total. The Kier molecular flexibility index (Phi) is 4.17. The summed E-state index contributed by atoms with van der Waals surface area (Å²) in [7, 11) is 0. The topological polar surface area (TPSA) is 25.2 Å². The van der Waals surface area contributed by atoms with Gasteiger partial charge in [-0.2, -0.15) is 0 Å². The Balaban J connectivity index is 1.33. The average Bonchev–Trinajstić information content (AvgIpc) is 3.33. The Hall–Kier alpha value is -2.32. The van der Waals surface area contributed by atoms with Crippen LogP contribution in [0.4, 0.5) is 0 Å². The Morgan fingerprint density at radius 2 is 1.55 bits per heavy atom. The molecule has 4 aliphatic carbocycles. The summed E-state index contributed by atoms with van der Waals surface area (Å²) >= 11 is 0. The molecule has 0 amide bonds. The second-order valence-electron chi connectivity index (χ2n) is 11.8. The van der Waals surface area contributed by atoms with E-state index in [4.69, 9.17) is 0 Å². The highest BCUT2D eigenvalue weighted by Crippen LogP contribution is 2.64. The molecule has 33 heavy (non-hydrogen) atoms. The molecule has 0 bridgehead atoms. The van der Waals surface area contributed by atoms with E-state index in [9.17, 15) is 5.11 Å². The van der Waals surface area contributed by atoms with E-state index >= 15 is 0 Å². The van der Waals surface area contributed by atoms with Crippen LogP contribution in [0.3, 0.4) is 0 Å². The van der Waals surface area contributed by atoms with E-state index in [0.717, 1.165) is 24.7 Å². The first-order valence-corrected chi connectivity index (χ1v) is 13.1. The van der Waals surface area contributed by atoms with E-state index in [-0.39, 0.29) is 16.9 Å². The molecule has 2 heteroatoms. The number of aliphatic hydroxyl groups excluding tert-OH is 1. The molecule has 7 rings (SSSR count). The van der Waals surface area contributed by atoms with E-state index in [2.05, 4.69) is 79.1 Å². The second kappa shape index (κ2) is 6.85. The third-order valence-electron chi connectivity index (χ3n) is 10.6. The number of aromatic nitrogens is 1. The van der Waals surface area contributed by atoms with Crippen LogP contribution in [0.2, 0.25) is 0 Å². The first kappa shape index (κ1) is 20.1. The van der Waals surface area contributed by atoms with Crippen molar-refractivity contribution in [2.24, 2.45) is 28.6 Å². The molecule has 2 fully saturated rings. The number of hydrogen-bond acceptors (Lipinski definition) is 1. The minimum atomic E-state index is -0.0882. The van der Waals surface area contributed by atoms with Crippen LogP contribution in [0.25, 0.3) is 27.5 Å². The minimum Gasteiger partial charge on any atom is -0.393 e. The number of rotatable bonds is 1. The number of benzene rings is 2. The quantitative estimate of drug-likeness (QED) is 0.417. The molecule has 1 aromatic heterocycles. The fraction of sp³-hybridized carbons (Fsp3) is 0.484. The van der Waals surface area contributed by atoms with Gasteiger partial charge in [-0.1, -0.05) is 56.3 Å². The van der Waals surface area contributed by atoms with Gasteiger partial charge in [0.1, 0.15) is 0 Å². The van der Waals surface area contributed by atoms with Crippen molar-refractivity contribution in [2.45, 2.75) is 64.9 Å². The summed E-state index contributed by atoms with van der Waals surface area (Å²) in [5, 5.41) is 13.5. The van der Waals surface area contributed by atoms with Gasteiger partial charge in [0.2, 0.25) is 0 Å². The highest BCUT2D eigenvalue weighted by Gasteiger charge is 2.58. The third kappa shape index (κ3) is 2.59. The molecule has 170 valence electrons. The summed E-state index contributed by atoms with van der Waals surface area (Å²) in [6.45, 7) is 4.94. The van der Waals surface area contributed by atoms with Crippen molar-refractivity contribution in [3.05, 3.63) is 66.3 Å². The fourth-order valence-electron chi connectivity index (χ4n) is 8.69. The molecule has 6 atom stereocenters. The first-order chi connectivity index (χ1) is 16.0. The van der Waals surface area contributed by atoms with Gasteiger partial charge in [-0.05, 0) is 97.3 Å². The zero-order valence-electron chi connectivity index (χ0n) is 19.9. The average molecular weight is 438 g/mol. The molecule has 1 heterocycles. The Labute approximate surface area is 197 Å². The van der Waals surface area contributed by atoms with Crippen LogP contribution in [0.1, 0.15) is 58.8 Å². The van der Waals surface area contributed by atoms with Gasteiger partial charge in [-0.3, -0.25) is 0 Å². The van der Waals surface area contributed by atoms with Gasteiger partial charge >= 0.3 is 0 Å². The van der Waals surface area contributed by atoms with Crippen LogP contribution in [0.5, 0.6) is 0 Å². The molecule has 3 aromatic rings. The first-order valence-electron chi connectivity index (χ1n) is 13.1. The zero-order valence-corrected chi connectivity index (χ0v) is 19.9. The number of fused-ring (bicyclic) bond motifs is 8. The summed E-state index contributed by atoms with van der Waals surface area (Å²) in [5.74, 6) is 2.21. The van der Waals surface area contributed by atoms with Crippen molar-refractivity contribution >= 4 is 27.5 Å². The number of aliphatic hydroxyl groups is 1. The van der Waals surface area contributed by atoms with E-state index in [1.165, 1.54) is 59.6 Å². The van der Waals surface area contributed by atoms with Crippen molar-refractivity contribution < 1.29 is 5.11 Å². The summed E-state index contributed by atoms with van der Waals surface area (Å²) in [5.41, 5.74) is 6.12. The van der Waals surface area contributed by atoms with Gasteiger partial charge in [0.05, 0.1) is 17.1 Å². The smallest absolute Gasteiger partial charge is 0.0596 e. The lowest BCUT2D eigenvalue weighted by Gasteiger charge is -2.56. The minimum absolute atomic E-state index is 0.0882. The van der Waals surface area contributed by atoms with Crippen LogP contribution in [-0.2, 0) is 0 Å². The molecule has 1 N–H and O–H groups in total. The lowest BCUT2D eigenvalue weighted by Crippen LogP contribution is -2.50. The van der Waals surface area contributed by atoms with Gasteiger partial charge in [0.15, 0.2) is 0 Å². The van der Waals surface area contributed by atoms with Gasteiger partial charge in [-0.25, -0.2) is 0 Å². The molecule has 2 aromatic carbocycles. The molecule has 0 radical (unpaired) electrons. The fourth-order valence-corrected chi connectivity index (χ4v) is 8.69. The molecule has 0 spiro atoms. The van der Waals surface area contributed by atoms with Crippen LogP contribution in [0, 0.1) is 28.6 Å². The maximum absolute atomic E-state index is 10.8. The second-order valence-corrected chi connectivity index (χ2v) is 11.8. The van der Waals surface area contributed by atoms with Crippen LogP contribution < -0.4 is 0 Å². The van der Waals surface area contributed by atoms with Crippen molar-refractivity contribution in [1.82, 2.24) is 4.57 Å². The number of nitrogens with zero attached hydrogens (tertiary/aromatic N) is 1. The maximum Gasteiger partial charge on any atom is 0.0596 e. The van der Waals surface area contributed by atoms with Crippen molar-refractivity contribution in [3.63, 3.8) is 0 Å². The Morgan fingerprint density at radius 3 is 2.27 bits per heavy atom. The molecule has 0 aliphatic heterocycles. The van der Waals surface area contributed by atoms with Gasteiger partial charge in [0.25, 0.3) is 0 Å². The number of para-hydroxylation sites is 2. The van der Waals surface area contributed by atoms with Crippen molar-refractivity contribution in [1.29, 1.82) is 0 Å². The van der Waals surface area contributed by atoms with Crippen LogP contribution >= 0.6 is 0 Å². The van der Waals surface area contributed by atoms with Crippen LogP contribution in [0.15, 0.2) is 66.3 Å². The number of hydrogen-bond donors (Lipinski definition) is 1. The molecule has 0 unspecified atom stereocenters. The van der Waals surface area contributed by atoms with E-state index in [1.54, 1.807) is 5.57 Å². The van der Waals surface area contributed by atoms with Crippen molar-refractivity contribution in [2.75, 3.05) is 0 Å². The molecular formula is C31H35NO. The summed E-state index contributed by atoms with van der Waals surface area (Å²) in [4.78, 5) is 0. The SMILES string of the molecule is C[C@]12CC[C@H]3[C@@H](CC=C4C=C(n5c6ccccc6c6ccccc65)CC[C@@]43C)[C@@H]1CC[C@@H]2O. The highest BCUT2D eigenvalue weighted by atomic mass is 16.3. The normalized spacial score (nSPS) is 37.9. The van der Waals surface area contributed by atoms with Gasteiger partial charge in [-0.15, -0.1) is 0 Å². The standard InChI is InChI=1S/C31H35NO/c1-30-17-15-21(32-27-9-5-3-7-22(27)23-8-4-6-10-28(23)32)19-20(30)11-12-24-25-13-14-29(33)31(25,2)18-16-26(24)30/h3-11,19,24-26,29,33H,12-18H2,1-2H3/t24-,25-,26-,29-,30-,31-/m0/s1. The molecular weight excluding hydrogens is 402 g/mol. The highest BCUT2D eigenvalue weighted by molar-refractivity contribution is 6.10. The van der Waals surface area contributed by atoms with Gasteiger partial charge < -0.3 is 9.67 Å².